The van der Waals surface area contributed by atoms with Crippen molar-refractivity contribution in [3.05, 3.63) is 23.8 Å². The van der Waals surface area contributed by atoms with Gasteiger partial charge < -0.3 is 10.5 Å². The summed E-state index contributed by atoms with van der Waals surface area (Å²) in [6, 6.07) is 3.26. The van der Waals surface area contributed by atoms with E-state index in [-0.39, 0.29) is 11.8 Å². The molecule has 2 unspecified atom stereocenters. The third-order valence-electron chi connectivity index (χ3n) is 3.52. The lowest BCUT2D eigenvalue weighted by molar-refractivity contribution is -0.137. The van der Waals surface area contributed by atoms with Crippen LogP contribution in [0.5, 0.6) is 5.75 Å². The van der Waals surface area contributed by atoms with E-state index in [4.69, 9.17) is 10.5 Å². The molecule has 1 saturated carbocycles. The first-order valence-electron chi connectivity index (χ1n) is 6.49. The molecule has 1 aromatic rings. The van der Waals surface area contributed by atoms with E-state index < -0.39 is 11.7 Å². The summed E-state index contributed by atoms with van der Waals surface area (Å²) < 4.78 is 43.3. The van der Waals surface area contributed by atoms with Crippen molar-refractivity contribution in [2.45, 2.75) is 44.9 Å². The van der Waals surface area contributed by atoms with E-state index in [0.29, 0.717) is 11.7 Å². The van der Waals surface area contributed by atoms with Crippen LogP contribution in [0.3, 0.4) is 0 Å². The molecule has 5 heteroatoms. The highest BCUT2D eigenvalue weighted by Gasteiger charge is 2.31. The Labute approximate surface area is 110 Å². The zero-order valence-electron chi connectivity index (χ0n) is 10.8. The summed E-state index contributed by atoms with van der Waals surface area (Å²) in [5.41, 5.74) is 4.95. The first kappa shape index (κ1) is 14.0. The molecule has 19 heavy (non-hydrogen) atoms. The molecule has 0 spiro atoms. The van der Waals surface area contributed by atoms with Crippen molar-refractivity contribution >= 4 is 5.69 Å². The number of ether oxygens (including phenoxy) is 1. The third kappa shape index (κ3) is 3.55. The predicted molar refractivity (Wildman–Crippen MR) is 67.9 cm³/mol. The van der Waals surface area contributed by atoms with Crippen molar-refractivity contribution < 1.29 is 17.9 Å². The Morgan fingerprint density at radius 2 is 2.00 bits per heavy atom. The third-order valence-corrected chi connectivity index (χ3v) is 3.52. The van der Waals surface area contributed by atoms with E-state index in [1.807, 2.05) is 0 Å². The Hall–Kier alpha value is -1.39. The minimum Gasteiger partial charge on any atom is -0.488 e. The van der Waals surface area contributed by atoms with Crippen LogP contribution in [0.4, 0.5) is 18.9 Å². The molecule has 0 heterocycles. The van der Waals surface area contributed by atoms with Crippen LogP contribution in [0.1, 0.15) is 38.2 Å². The monoisotopic (exact) mass is 273 g/mol. The van der Waals surface area contributed by atoms with Gasteiger partial charge in [-0.05, 0) is 43.4 Å². The molecule has 2 atom stereocenters. The number of hydrogen-bond donors (Lipinski definition) is 1. The summed E-state index contributed by atoms with van der Waals surface area (Å²) in [6.45, 7) is 2.16. The maximum Gasteiger partial charge on any atom is 0.416 e. The molecule has 2 N–H and O–H groups in total. The Morgan fingerprint density at radius 1 is 1.26 bits per heavy atom. The lowest BCUT2D eigenvalue weighted by atomic mass is 9.89. The number of nitrogens with two attached hydrogens (primary N) is 1. The van der Waals surface area contributed by atoms with Gasteiger partial charge in [-0.15, -0.1) is 0 Å². The summed E-state index contributed by atoms with van der Waals surface area (Å²) in [5, 5.41) is 0. The molecule has 1 fully saturated rings. The molecule has 0 aliphatic heterocycles. The van der Waals surface area contributed by atoms with Crippen LogP contribution in [0.25, 0.3) is 0 Å². The van der Waals surface area contributed by atoms with Crippen molar-refractivity contribution in [2.75, 3.05) is 5.73 Å². The van der Waals surface area contributed by atoms with Crippen LogP contribution < -0.4 is 10.5 Å². The summed E-state index contributed by atoms with van der Waals surface area (Å²) in [6.07, 6.45) is -0.172. The summed E-state index contributed by atoms with van der Waals surface area (Å²) in [4.78, 5) is 0. The quantitative estimate of drug-likeness (QED) is 0.818. The molecule has 2 nitrogen and oxygen atoms in total. The van der Waals surface area contributed by atoms with Gasteiger partial charge in [0.2, 0.25) is 0 Å². The van der Waals surface area contributed by atoms with E-state index in [2.05, 4.69) is 6.92 Å². The molecule has 106 valence electrons. The van der Waals surface area contributed by atoms with Gasteiger partial charge in [0, 0.05) is 0 Å². The van der Waals surface area contributed by atoms with Gasteiger partial charge >= 0.3 is 6.18 Å². The summed E-state index contributed by atoms with van der Waals surface area (Å²) in [7, 11) is 0. The van der Waals surface area contributed by atoms with Crippen molar-refractivity contribution in [1.82, 2.24) is 0 Å². The number of benzene rings is 1. The van der Waals surface area contributed by atoms with Gasteiger partial charge in [-0.2, -0.15) is 13.2 Å². The normalized spacial score (nSPS) is 24.2. The lowest BCUT2D eigenvalue weighted by Crippen LogP contribution is -2.24. The van der Waals surface area contributed by atoms with Gasteiger partial charge in [0.15, 0.2) is 0 Å². The maximum absolute atomic E-state index is 12.5. The van der Waals surface area contributed by atoms with Crippen molar-refractivity contribution in [1.29, 1.82) is 0 Å². The molecule has 1 aliphatic carbocycles. The average molecular weight is 273 g/mol. The van der Waals surface area contributed by atoms with Gasteiger partial charge in [-0.3, -0.25) is 0 Å². The minimum absolute atomic E-state index is 0.0491. The Balaban J connectivity index is 2.09. The highest BCUT2D eigenvalue weighted by atomic mass is 19.4. The van der Waals surface area contributed by atoms with Crippen LogP contribution in [0.15, 0.2) is 18.2 Å². The molecule has 0 bridgehead atoms. The van der Waals surface area contributed by atoms with E-state index in [0.717, 1.165) is 31.4 Å². The SMILES string of the molecule is CC1CCCC(Oc2ccc(C(F)(F)F)cc2N)C1. The summed E-state index contributed by atoms with van der Waals surface area (Å²) >= 11 is 0. The molecule has 0 amide bonds. The van der Waals surface area contributed by atoms with Crippen molar-refractivity contribution in [3.8, 4) is 5.75 Å². The van der Waals surface area contributed by atoms with Crippen LogP contribution in [0.2, 0.25) is 0 Å². The topological polar surface area (TPSA) is 35.2 Å². The van der Waals surface area contributed by atoms with Gasteiger partial charge in [0.1, 0.15) is 5.75 Å². The zero-order valence-corrected chi connectivity index (χ0v) is 10.8. The maximum atomic E-state index is 12.5. The van der Waals surface area contributed by atoms with Crippen LogP contribution in [-0.4, -0.2) is 6.10 Å². The molecular weight excluding hydrogens is 255 g/mol. The van der Waals surface area contributed by atoms with Gasteiger partial charge in [0.25, 0.3) is 0 Å². The smallest absolute Gasteiger partial charge is 0.416 e. The van der Waals surface area contributed by atoms with Crippen LogP contribution in [-0.2, 0) is 6.18 Å². The number of rotatable bonds is 2. The number of hydrogen-bond acceptors (Lipinski definition) is 2. The fourth-order valence-electron chi connectivity index (χ4n) is 2.50. The van der Waals surface area contributed by atoms with E-state index >= 15 is 0 Å². The molecule has 0 radical (unpaired) electrons. The van der Waals surface area contributed by atoms with Gasteiger partial charge in [0.05, 0.1) is 17.4 Å². The highest BCUT2D eigenvalue weighted by Crippen LogP contribution is 2.35. The van der Waals surface area contributed by atoms with E-state index in [1.165, 1.54) is 12.5 Å². The minimum atomic E-state index is -4.37. The van der Waals surface area contributed by atoms with Crippen LogP contribution in [0, 0.1) is 5.92 Å². The largest absolute Gasteiger partial charge is 0.488 e. The molecule has 0 aromatic heterocycles. The Bertz CT molecular complexity index is 445. The van der Waals surface area contributed by atoms with Crippen LogP contribution >= 0.6 is 0 Å². The zero-order chi connectivity index (χ0) is 14.0. The predicted octanol–water partition coefficient (Wildman–Crippen LogP) is 4.25. The number of anilines is 1. The number of halogens is 3. The molecule has 2 rings (SSSR count). The number of nitrogen functional groups attached to an aromatic ring is 1. The molecular formula is C14H18F3NO. The molecule has 0 saturated heterocycles. The van der Waals surface area contributed by atoms with E-state index in [1.54, 1.807) is 0 Å². The summed E-state index contributed by atoms with van der Waals surface area (Å²) in [5.74, 6) is 0.946. The average Bonchev–Trinajstić information content (AvgIpc) is 2.30. The number of alkyl halides is 3. The fourth-order valence-corrected chi connectivity index (χ4v) is 2.50. The van der Waals surface area contributed by atoms with E-state index in [9.17, 15) is 13.2 Å². The Kier molecular flexibility index (Phi) is 3.92. The second-order valence-electron chi connectivity index (χ2n) is 5.26. The fraction of sp³-hybridized carbons (Fsp3) is 0.571. The molecule has 1 aromatic carbocycles. The first-order valence-corrected chi connectivity index (χ1v) is 6.49. The van der Waals surface area contributed by atoms with Gasteiger partial charge in [-0.25, -0.2) is 0 Å². The second-order valence-corrected chi connectivity index (χ2v) is 5.26. The highest BCUT2D eigenvalue weighted by molar-refractivity contribution is 5.54. The van der Waals surface area contributed by atoms with Gasteiger partial charge in [-0.1, -0.05) is 13.3 Å². The molecule has 1 aliphatic rings. The standard InChI is InChI=1S/C14H18F3NO/c1-9-3-2-4-11(7-9)19-13-6-5-10(8-12(13)18)14(15,16)17/h5-6,8-9,11H,2-4,7,18H2,1H3. The first-order chi connectivity index (χ1) is 8.86. The Morgan fingerprint density at radius 3 is 2.58 bits per heavy atom. The van der Waals surface area contributed by atoms with Crippen molar-refractivity contribution in [2.24, 2.45) is 5.92 Å². The van der Waals surface area contributed by atoms with Crippen molar-refractivity contribution in [3.63, 3.8) is 0 Å². The second kappa shape index (κ2) is 5.31. The lowest BCUT2D eigenvalue weighted by Gasteiger charge is -2.28.